The van der Waals surface area contributed by atoms with Crippen LogP contribution in [0.15, 0.2) is 0 Å². The molecule has 0 saturated carbocycles. The van der Waals surface area contributed by atoms with Gasteiger partial charge in [-0.25, -0.2) is 4.21 Å². The molecule has 13 heavy (non-hydrogen) atoms. The minimum Gasteiger partial charge on any atom is -0.343 e. The molecule has 0 radical (unpaired) electrons. The van der Waals surface area contributed by atoms with Gasteiger partial charge in [0, 0.05) is 26.2 Å². The van der Waals surface area contributed by atoms with E-state index in [0.717, 1.165) is 6.41 Å². The molecule has 1 aliphatic heterocycles. The summed E-state index contributed by atoms with van der Waals surface area (Å²) in [7, 11) is 0. The molecule has 0 aliphatic carbocycles. The Labute approximate surface area is 80.0 Å². The SMILES string of the molecule is CC(N1CCN(C=O)CC1)S(=O)O. The molecule has 0 bridgehead atoms. The van der Waals surface area contributed by atoms with E-state index in [2.05, 4.69) is 0 Å². The molecule has 0 aromatic carbocycles. The number of hydrogen-bond acceptors (Lipinski definition) is 3. The van der Waals surface area contributed by atoms with E-state index >= 15 is 0 Å². The van der Waals surface area contributed by atoms with Crippen molar-refractivity contribution >= 4 is 17.5 Å². The van der Waals surface area contributed by atoms with Gasteiger partial charge in [-0.1, -0.05) is 0 Å². The molecule has 1 fully saturated rings. The standard InChI is InChI=1S/C7H14N2O3S/c1-7(13(11)12)9-4-2-8(6-10)3-5-9/h6-7H,2-5H2,1H3,(H,11,12). The monoisotopic (exact) mass is 206 g/mol. The Balaban J connectivity index is 2.40. The number of rotatable bonds is 3. The smallest absolute Gasteiger partial charge is 0.209 e. The maximum absolute atomic E-state index is 10.7. The first-order valence-corrected chi connectivity index (χ1v) is 5.35. The summed E-state index contributed by atoms with van der Waals surface area (Å²) < 4.78 is 19.6. The number of nitrogens with zero attached hydrogens (tertiary/aromatic N) is 2. The second kappa shape index (κ2) is 4.69. The van der Waals surface area contributed by atoms with E-state index in [1.807, 2.05) is 4.90 Å². The Hall–Kier alpha value is -0.460. The lowest BCUT2D eigenvalue weighted by Crippen LogP contribution is -2.50. The molecule has 6 heteroatoms. The Morgan fingerprint density at radius 3 is 2.31 bits per heavy atom. The van der Waals surface area contributed by atoms with Gasteiger partial charge in [-0.05, 0) is 6.92 Å². The fraction of sp³-hybridized carbons (Fsp3) is 0.857. The maximum Gasteiger partial charge on any atom is 0.209 e. The highest BCUT2D eigenvalue weighted by Crippen LogP contribution is 2.06. The second-order valence-corrected chi connectivity index (χ2v) is 4.29. The molecular formula is C7H14N2O3S. The Kier molecular flexibility index (Phi) is 3.83. The number of piperazine rings is 1. The van der Waals surface area contributed by atoms with Gasteiger partial charge in [-0.2, -0.15) is 0 Å². The number of amides is 1. The van der Waals surface area contributed by atoms with E-state index in [1.54, 1.807) is 11.8 Å². The Morgan fingerprint density at radius 2 is 1.92 bits per heavy atom. The largest absolute Gasteiger partial charge is 0.343 e. The third-order valence-corrected chi connectivity index (χ3v) is 3.19. The summed E-state index contributed by atoms with van der Waals surface area (Å²) in [6.07, 6.45) is 0.817. The van der Waals surface area contributed by atoms with Crippen LogP contribution in [0.1, 0.15) is 6.92 Å². The van der Waals surface area contributed by atoms with Crippen molar-refractivity contribution in [3.63, 3.8) is 0 Å². The van der Waals surface area contributed by atoms with Crippen LogP contribution in [-0.4, -0.2) is 56.5 Å². The zero-order valence-electron chi connectivity index (χ0n) is 7.55. The van der Waals surface area contributed by atoms with E-state index in [-0.39, 0.29) is 5.37 Å². The summed E-state index contributed by atoms with van der Waals surface area (Å²) in [4.78, 5) is 14.0. The summed E-state index contributed by atoms with van der Waals surface area (Å²) in [6.45, 7) is 4.35. The van der Waals surface area contributed by atoms with Crippen LogP contribution in [0.3, 0.4) is 0 Å². The van der Waals surface area contributed by atoms with Crippen LogP contribution < -0.4 is 0 Å². The van der Waals surface area contributed by atoms with Gasteiger partial charge in [-0.3, -0.25) is 9.69 Å². The minimum atomic E-state index is -1.80. The predicted molar refractivity (Wildman–Crippen MR) is 49.4 cm³/mol. The van der Waals surface area contributed by atoms with Crippen LogP contribution in [0.2, 0.25) is 0 Å². The lowest BCUT2D eigenvalue weighted by molar-refractivity contribution is -0.119. The molecule has 5 nitrogen and oxygen atoms in total. The van der Waals surface area contributed by atoms with Crippen molar-refractivity contribution in [1.29, 1.82) is 0 Å². The molecule has 1 N–H and O–H groups in total. The lowest BCUT2D eigenvalue weighted by atomic mass is 10.3. The van der Waals surface area contributed by atoms with E-state index in [9.17, 15) is 9.00 Å². The maximum atomic E-state index is 10.7. The molecule has 0 aromatic rings. The molecule has 1 rings (SSSR count). The van der Waals surface area contributed by atoms with Gasteiger partial charge in [0.1, 0.15) is 5.37 Å². The molecule has 1 saturated heterocycles. The molecule has 0 aromatic heterocycles. The predicted octanol–water partition coefficient (Wildman–Crippen LogP) is -0.672. The summed E-state index contributed by atoms with van der Waals surface area (Å²) in [6, 6.07) is 0. The third kappa shape index (κ3) is 2.75. The van der Waals surface area contributed by atoms with Gasteiger partial charge in [0.25, 0.3) is 0 Å². The van der Waals surface area contributed by atoms with Gasteiger partial charge >= 0.3 is 0 Å². The van der Waals surface area contributed by atoms with Gasteiger partial charge < -0.3 is 9.45 Å². The van der Waals surface area contributed by atoms with Crippen molar-refractivity contribution in [2.75, 3.05) is 26.2 Å². The van der Waals surface area contributed by atoms with E-state index in [4.69, 9.17) is 4.55 Å². The fourth-order valence-corrected chi connectivity index (χ4v) is 1.80. The van der Waals surface area contributed by atoms with Crippen LogP contribution in [0.25, 0.3) is 0 Å². The number of carbonyl (C=O) groups excluding carboxylic acids is 1. The van der Waals surface area contributed by atoms with Gasteiger partial charge in [-0.15, -0.1) is 0 Å². The number of hydrogen-bond donors (Lipinski definition) is 1. The van der Waals surface area contributed by atoms with Gasteiger partial charge in [0.15, 0.2) is 11.1 Å². The minimum absolute atomic E-state index is 0.339. The van der Waals surface area contributed by atoms with Crippen molar-refractivity contribution in [3.8, 4) is 0 Å². The molecular weight excluding hydrogens is 192 g/mol. The summed E-state index contributed by atoms with van der Waals surface area (Å²) in [5.41, 5.74) is 0. The van der Waals surface area contributed by atoms with Crippen molar-refractivity contribution in [2.24, 2.45) is 0 Å². The van der Waals surface area contributed by atoms with Gasteiger partial charge in [0.05, 0.1) is 0 Å². The topological polar surface area (TPSA) is 60.9 Å². The average molecular weight is 206 g/mol. The normalized spacial score (nSPS) is 24.0. The molecule has 1 amide bonds. The molecule has 1 heterocycles. The molecule has 2 atom stereocenters. The zero-order chi connectivity index (χ0) is 9.84. The molecule has 76 valence electrons. The molecule has 1 aliphatic rings. The van der Waals surface area contributed by atoms with Crippen molar-refractivity contribution in [2.45, 2.75) is 12.3 Å². The zero-order valence-corrected chi connectivity index (χ0v) is 8.37. The highest BCUT2D eigenvalue weighted by Gasteiger charge is 2.22. The second-order valence-electron chi connectivity index (χ2n) is 3.05. The first-order valence-electron chi connectivity index (χ1n) is 4.18. The Morgan fingerprint density at radius 1 is 1.38 bits per heavy atom. The third-order valence-electron chi connectivity index (χ3n) is 2.30. The average Bonchev–Trinajstić information content (AvgIpc) is 2.17. The quantitative estimate of drug-likeness (QED) is 0.491. The van der Waals surface area contributed by atoms with Crippen LogP contribution in [0.5, 0.6) is 0 Å². The highest BCUT2D eigenvalue weighted by molar-refractivity contribution is 7.79. The van der Waals surface area contributed by atoms with Crippen LogP contribution in [0.4, 0.5) is 0 Å². The first-order chi connectivity index (χ1) is 6.15. The van der Waals surface area contributed by atoms with E-state index in [0.29, 0.717) is 26.2 Å². The number of carbonyl (C=O) groups is 1. The van der Waals surface area contributed by atoms with Crippen LogP contribution >= 0.6 is 0 Å². The summed E-state index contributed by atoms with van der Waals surface area (Å²) in [5, 5.41) is -0.339. The Bertz CT molecular complexity index is 204. The van der Waals surface area contributed by atoms with Crippen molar-refractivity contribution in [1.82, 2.24) is 9.80 Å². The van der Waals surface area contributed by atoms with Crippen molar-refractivity contribution < 1.29 is 13.6 Å². The highest BCUT2D eigenvalue weighted by atomic mass is 32.2. The molecule has 2 unspecified atom stereocenters. The van der Waals surface area contributed by atoms with E-state index in [1.165, 1.54) is 0 Å². The van der Waals surface area contributed by atoms with Crippen LogP contribution in [-0.2, 0) is 15.9 Å². The fourth-order valence-electron chi connectivity index (χ4n) is 1.33. The van der Waals surface area contributed by atoms with E-state index < -0.39 is 11.1 Å². The summed E-state index contributed by atoms with van der Waals surface area (Å²) in [5.74, 6) is 0. The first kappa shape index (κ1) is 10.6. The van der Waals surface area contributed by atoms with Crippen molar-refractivity contribution in [3.05, 3.63) is 0 Å². The molecule has 0 spiro atoms. The lowest BCUT2D eigenvalue weighted by Gasteiger charge is -2.34. The summed E-state index contributed by atoms with van der Waals surface area (Å²) >= 11 is -1.80. The van der Waals surface area contributed by atoms with Crippen LogP contribution in [0, 0.1) is 0 Å². The van der Waals surface area contributed by atoms with Gasteiger partial charge in [0.2, 0.25) is 6.41 Å².